The maximum atomic E-state index is 13.0. The van der Waals surface area contributed by atoms with Crippen LogP contribution in [-0.2, 0) is 9.59 Å². The first kappa shape index (κ1) is 16.8. The second-order valence-electron chi connectivity index (χ2n) is 5.39. The van der Waals surface area contributed by atoms with Crippen molar-refractivity contribution in [3.8, 4) is 0 Å². The van der Waals surface area contributed by atoms with Crippen molar-refractivity contribution in [3.63, 3.8) is 0 Å². The monoisotopic (exact) mass is 315 g/mol. The molecule has 0 spiro atoms. The Morgan fingerprint density at radius 1 is 1.43 bits per heavy atom. The van der Waals surface area contributed by atoms with E-state index in [1.165, 1.54) is 31.2 Å². The predicted molar refractivity (Wildman–Crippen MR) is 86.3 cm³/mol. The number of carbonyl (C=O) groups excluding carboxylic acids is 2. The smallest absolute Gasteiger partial charge is 0.248 e. The zero-order chi connectivity index (χ0) is 16.8. The first-order valence-corrected chi connectivity index (χ1v) is 7.27. The number of halogens is 1. The highest BCUT2D eigenvalue weighted by molar-refractivity contribution is 5.99. The first-order chi connectivity index (χ1) is 10.9. The molecule has 1 amide bonds. The lowest BCUT2D eigenvalue weighted by atomic mass is 9.93. The van der Waals surface area contributed by atoms with E-state index in [1.54, 1.807) is 24.3 Å². The highest BCUT2D eigenvalue weighted by atomic mass is 19.1. The molecule has 23 heavy (non-hydrogen) atoms. The van der Waals surface area contributed by atoms with Crippen LogP contribution in [0.4, 0.5) is 10.1 Å². The molecule has 0 bridgehead atoms. The second kappa shape index (κ2) is 7.65. The zero-order valence-electron chi connectivity index (χ0n) is 12.8. The Morgan fingerprint density at radius 2 is 2.22 bits per heavy atom. The number of benzene rings is 1. The summed E-state index contributed by atoms with van der Waals surface area (Å²) in [6.07, 6.45) is 6.38. The summed E-state index contributed by atoms with van der Waals surface area (Å²) >= 11 is 0. The second-order valence-corrected chi connectivity index (χ2v) is 5.39. The fourth-order valence-electron chi connectivity index (χ4n) is 2.26. The SMILES string of the molecule is CC(=O)CC1=CC(/C=C/C(=O)Nc2cccc(F)c2)=CCC1O. The van der Waals surface area contributed by atoms with E-state index in [4.69, 9.17) is 0 Å². The summed E-state index contributed by atoms with van der Waals surface area (Å²) in [5.41, 5.74) is 1.77. The summed E-state index contributed by atoms with van der Waals surface area (Å²) in [7, 11) is 0. The molecule has 1 aliphatic rings. The van der Waals surface area contributed by atoms with Crippen molar-refractivity contribution in [2.45, 2.75) is 25.9 Å². The van der Waals surface area contributed by atoms with Crippen molar-refractivity contribution in [3.05, 3.63) is 65.5 Å². The number of anilines is 1. The molecule has 1 aliphatic carbocycles. The normalized spacial score (nSPS) is 17.6. The lowest BCUT2D eigenvalue weighted by molar-refractivity contribution is -0.116. The molecule has 4 nitrogen and oxygen atoms in total. The number of nitrogens with one attached hydrogen (secondary N) is 1. The van der Waals surface area contributed by atoms with E-state index in [1.807, 2.05) is 0 Å². The van der Waals surface area contributed by atoms with Crippen LogP contribution in [0, 0.1) is 5.82 Å². The van der Waals surface area contributed by atoms with E-state index in [-0.39, 0.29) is 18.1 Å². The Hall–Kier alpha value is -2.53. The molecular formula is C18H18FNO3. The van der Waals surface area contributed by atoms with E-state index in [0.717, 1.165) is 5.57 Å². The molecule has 0 fully saturated rings. The van der Waals surface area contributed by atoms with Gasteiger partial charge in [-0.1, -0.05) is 18.2 Å². The fourth-order valence-corrected chi connectivity index (χ4v) is 2.26. The number of ketones is 1. The van der Waals surface area contributed by atoms with Gasteiger partial charge in [-0.25, -0.2) is 4.39 Å². The van der Waals surface area contributed by atoms with Gasteiger partial charge in [0, 0.05) is 18.2 Å². The molecule has 0 heterocycles. The van der Waals surface area contributed by atoms with Crippen molar-refractivity contribution in [1.82, 2.24) is 0 Å². The van der Waals surface area contributed by atoms with E-state index < -0.39 is 11.9 Å². The minimum atomic E-state index is -0.655. The molecule has 120 valence electrons. The highest BCUT2D eigenvalue weighted by Crippen LogP contribution is 2.21. The van der Waals surface area contributed by atoms with E-state index >= 15 is 0 Å². The summed E-state index contributed by atoms with van der Waals surface area (Å²) in [6.45, 7) is 1.47. The van der Waals surface area contributed by atoms with Crippen molar-refractivity contribution in [2.75, 3.05) is 5.32 Å². The van der Waals surface area contributed by atoms with E-state index in [2.05, 4.69) is 5.32 Å². The minimum Gasteiger partial charge on any atom is -0.388 e. The topological polar surface area (TPSA) is 66.4 Å². The number of amides is 1. The number of hydrogen-bond donors (Lipinski definition) is 2. The van der Waals surface area contributed by atoms with Gasteiger partial charge in [0.25, 0.3) is 0 Å². The van der Waals surface area contributed by atoms with Gasteiger partial charge in [0.1, 0.15) is 11.6 Å². The quantitative estimate of drug-likeness (QED) is 0.821. The number of aliphatic hydroxyl groups is 1. The Balaban J connectivity index is 2.00. The van der Waals surface area contributed by atoms with Crippen LogP contribution in [0.5, 0.6) is 0 Å². The Bertz CT molecular complexity index is 704. The predicted octanol–water partition coefficient (Wildman–Crippen LogP) is 2.92. The summed E-state index contributed by atoms with van der Waals surface area (Å²) in [6, 6.07) is 5.63. The van der Waals surface area contributed by atoms with Crippen molar-refractivity contribution >= 4 is 17.4 Å². The Kier molecular flexibility index (Phi) is 5.60. The molecule has 0 aliphatic heterocycles. The van der Waals surface area contributed by atoms with Gasteiger partial charge in [0.05, 0.1) is 6.10 Å². The molecule has 1 atom stereocenters. The summed E-state index contributed by atoms with van der Waals surface area (Å²) in [5.74, 6) is -0.832. The third-order valence-electron chi connectivity index (χ3n) is 3.33. The van der Waals surface area contributed by atoms with Gasteiger partial charge in [-0.15, -0.1) is 0 Å². The maximum Gasteiger partial charge on any atom is 0.248 e. The average molecular weight is 315 g/mol. The third-order valence-corrected chi connectivity index (χ3v) is 3.33. The van der Waals surface area contributed by atoms with Gasteiger partial charge in [-0.2, -0.15) is 0 Å². The van der Waals surface area contributed by atoms with Crippen LogP contribution in [0.1, 0.15) is 19.8 Å². The van der Waals surface area contributed by atoms with E-state index in [0.29, 0.717) is 17.7 Å². The average Bonchev–Trinajstić information content (AvgIpc) is 2.47. The van der Waals surface area contributed by atoms with Crippen molar-refractivity contribution < 1.29 is 19.1 Å². The van der Waals surface area contributed by atoms with Crippen LogP contribution in [0.2, 0.25) is 0 Å². The Labute approximate surface area is 134 Å². The summed E-state index contributed by atoms with van der Waals surface area (Å²) < 4.78 is 13.0. The van der Waals surface area contributed by atoms with Crippen LogP contribution in [-0.4, -0.2) is 22.9 Å². The number of allylic oxidation sites excluding steroid dienone is 3. The Morgan fingerprint density at radius 3 is 2.91 bits per heavy atom. The van der Waals surface area contributed by atoms with Crippen LogP contribution >= 0.6 is 0 Å². The minimum absolute atomic E-state index is 0.0237. The van der Waals surface area contributed by atoms with Gasteiger partial charge >= 0.3 is 0 Å². The number of carbonyl (C=O) groups is 2. The molecule has 1 aromatic rings. The standard InChI is InChI=1S/C18H18FNO3/c1-12(21)9-14-10-13(5-7-17(14)22)6-8-18(23)20-16-4-2-3-15(19)11-16/h2-6,8,10-11,17,22H,7,9H2,1H3,(H,20,23)/b8-6+. The van der Waals surface area contributed by atoms with Crippen LogP contribution in [0.25, 0.3) is 0 Å². The maximum absolute atomic E-state index is 13.0. The molecule has 2 rings (SSSR count). The lowest BCUT2D eigenvalue weighted by Crippen LogP contribution is -2.15. The van der Waals surface area contributed by atoms with Gasteiger partial charge in [-0.05, 0) is 48.8 Å². The van der Waals surface area contributed by atoms with Crippen LogP contribution < -0.4 is 5.32 Å². The van der Waals surface area contributed by atoms with Crippen LogP contribution in [0.15, 0.2) is 59.7 Å². The summed E-state index contributed by atoms with van der Waals surface area (Å²) in [4.78, 5) is 23.0. The number of rotatable bonds is 5. The molecule has 0 radical (unpaired) electrons. The molecule has 1 unspecified atom stereocenters. The zero-order valence-corrected chi connectivity index (χ0v) is 12.8. The molecule has 2 N–H and O–H groups in total. The first-order valence-electron chi connectivity index (χ1n) is 7.27. The molecule has 1 aromatic carbocycles. The van der Waals surface area contributed by atoms with Gasteiger partial charge in [0.15, 0.2) is 0 Å². The van der Waals surface area contributed by atoms with Crippen LogP contribution in [0.3, 0.4) is 0 Å². The number of Topliss-reactive ketones (excluding diaryl/α,β-unsaturated/α-hetero) is 1. The largest absolute Gasteiger partial charge is 0.388 e. The van der Waals surface area contributed by atoms with E-state index in [9.17, 15) is 19.1 Å². The molecule has 0 aromatic heterocycles. The highest BCUT2D eigenvalue weighted by Gasteiger charge is 2.15. The van der Waals surface area contributed by atoms with Gasteiger partial charge in [-0.3, -0.25) is 9.59 Å². The van der Waals surface area contributed by atoms with Crippen molar-refractivity contribution in [1.29, 1.82) is 0 Å². The molecule has 0 saturated carbocycles. The lowest BCUT2D eigenvalue weighted by Gasteiger charge is -2.17. The summed E-state index contributed by atoms with van der Waals surface area (Å²) in [5, 5.41) is 12.4. The van der Waals surface area contributed by atoms with Crippen molar-refractivity contribution in [2.24, 2.45) is 0 Å². The number of hydrogen-bond acceptors (Lipinski definition) is 3. The molecule has 5 heteroatoms. The fraction of sp³-hybridized carbons (Fsp3) is 0.222. The van der Waals surface area contributed by atoms with Gasteiger partial charge < -0.3 is 10.4 Å². The third kappa shape index (κ3) is 5.30. The molecule has 0 saturated heterocycles. The van der Waals surface area contributed by atoms with Gasteiger partial charge in [0.2, 0.25) is 5.91 Å². The number of aliphatic hydroxyl groups excluding tert-OH is 1. The molecular weight excluding hydrogens is 297 g/mol.